The fourth-order valence-electron chi connectivity index (χ4n) is 2.95. The monoisotopic (exact) mass is 418 g/mol. The summed E-state index contributed by atoms with van der Waals surface area (Å²) in [5.41, 5.74) is 0.161. The minimum Gasteiger partial charge on any atom is -0.480 e. The van der Waals surface area contributed by atoms with Crippen LogP contribution in [0.15, 0.2) is 28.7 Å². The second-order valence-corrected chi connectivity index (χ2v) is 9.93. The van der Waals surface area contributed by atoms with Crippen molar-refractivity contribution in [3.63, 3.8) is 0 Å². The van der Waals surface area contributed by atoms with Gasteiger partial charge >= 0.3 is 5.97 Å². The van der Waals surface area contributed by atoms with Gasteiger partial charge in [0.05, 0.1) is 0 Å². The second kappa shape index (κ2) is 7.01. The van der Waals surface area contributed by atoms with Crippen molar-refractivity contribution >= 4 is 37.6 Å². The maximum absolute atomic E-state index is 12.8. The summed E-state index contributed by atoms with van der Waals surface area (Å²) in [7, 11) is -3.89. The zero-order valence-corrected chi connectivity index (χ0v) is 16.5. The quantitative estimate of drug-likeness (QED) is 0.811. The summed E-state index contributed by atoms with van der Waals surface area (Å²) in [5, 5.41) is 7.97. The summed E-state index contributed by atoms with van der Waals surface area (Å²) in [6.45, 7) is 6.58. The fourth-order valence-corrected chi connectivity index (χ4v) is 5.33. The lowest BCUT2D eigenvalue weighted by molar-refractivity contribution is -0.138. The molecular formula is C16H23BrN2O4S. The molecule has 0 spiro atoms. The largest absolute Gasteiger partial charge is 0.480 e. The number of rotatable bonds is 4. The zero-order valence-electron chi connectivity index (χ0n) is 14.1. The van der Waals surface area contributed by atoms with E-state index in [-0.39, 0.29) is 13.1 Å². The summed E-state index contributed by atoms with van der Waals surface area (Å²) in [4.78, 5) is 13.6. The molecule has 1 heterocycles. The maximum atomic E-state index is 12.8. The molecule has 0 aliphatic carbocycles. The van der Waals surface area contributed by atoms with E-state index in [0.29, 0.717) is 13.1 Å². The van der Waals surface area contributed by atoms with Gasteiger partial charge in [-0.3, -0.25) is 4.79 Å². The Hall–Kier alpha value is -1.12. The highest BCUT2D eigenvalue weighted by molar-refractivity contribution is 9.10. The van der Waals surface area contributed by atoms with E-state index >= 15 is 0 Å². The first kappa shape index (κ1) is 19.2. The Labute approximate surface area is 151 Å². The predicted molar refractivity (Wildman–Crippen MR) is 97.7 cm³/mol. The summed E-state index contributed by atoms with van der Waals surface area (Å²) in [6, 6.07) is 7.84. The Balaban J connectivity index is 2.13. The van der Waals surface area contributed by atoms with E-state index in [9.17, 15) is 18.3 Å². The molecule has 1 atom stereocenters. The SMILES string of the molecule is CC(C)(C)C(C(=O)O)S(=O)(=O)N1CCN(c2ccc(Br)cc2)CC1. The summed E-state index contributed by atoms with van der Waals surface area (Å²) < 4.78 is 27.9. The Morgan fingerprint density at radius 3 is 2.04 bits per heavy atom. The van der Waals surface area contributed by atoms with Gasteiger partial charge in [0, 0.05) is 36.3 Å². The molecule has 1 aliphatic rings. The standard InChI is InChI=1S/C16H23BrN2O4S/c1-16(2,3)14(15(20)21)24(22,23)19-10-8-18(9-11-19)13-6-4-12(17)5-7-13/h4-7,14H,8-11H2,1-3H3,(H,20,21). The van der Waals surface area contributed by atoms with Crippen LogP contribution in [0, 0.1) is 5.41 Å². The molecule has 1 aliphatic heterocycles. The van der Waals surface area contributed by atoms with Crippen LogP contribution in [0.5, 0.6) is 0 Å². The van der Waals surface area contributed by atoms with Crippen molar-refractivity contribution in [2.24, 2.45) is 5.41 Å². The topological polar surface area (TPSA) is 77.9 Å². The number of carboxylic acids is 1. The number of sulfonamides is 1. The number of nitrogens with zero attached hydrogens (tertiary/aromatic N) is 2. The number of aliphatic carboxylic acids is 1. The molecule has 6 nitrogen and oxygen atoms in total. The van der Waals surface area contributed by atoms with Gasteiger partial charge in [-0.2, -0.15) is 4.31 Å². The van der Waals surface area contributed by atoms with E-state index < -0.39 is 26.7 Å². The third-order valence-corrected chi connectivity index (χ3v) is 7.22. The van der Waals surface area contributed by atoms with Gasteiger partial charge in [-0.05, 0) is 29.7 Å². The van der Waals surface area contributed by atoms with E-state index in [4.69, 9.17) is 0 Å². The molecule has 1 aromatic carbocycles. The van der Waals surface area contributed by atoms with Crippen LogP contribution in [-0.2, 0) is 14.8 Å². The van der Waals surface area contributed by atoms with Crippen molar-refractivity contribution in [3.05, 3.63) is 28.7 Å². The molecule has 134 valence electrons. The van der Waals surface area contributed by atoms with Crippen molar-refractivity contribution in [3.8, 4) is 0 Å². The van der Waals surface area contributed by atoms with Crippen LogP contribution in [0.25, 0.3) is 0 Å². The van der Waals surface area contributed by atoms with E-state index in [2.05, 4.69) is 20.8 Å². The minimum atomic E-state index is -3.89. The lowest BCUT2D eigenvalue weighted by Crippen LogP contribution is -2.55. The van der Waals surface area contributed by atoms with Gasteiger partial charge in [-0.15, -0.1) is 0 Å². The molecule has 0 radical (unpaired) electrons. The lowest BCUT2D eigenvalue weighted by atomic mass is 9.92. The number of hydrogen-bond acceptors (Lipinski definition) is 4. The van der Waals surface area contributed by atoms with Crippen molar-refractivity contribution in [1.29, 1.82) is 0 Å². The highest BCUT2D eigenvalue weighted by Gasteiger charge is 2.46. The third-order valence-electron chi connectivity index (χ3n) is 4.10. The van der Waals surface area contributed by atoms with Gasteiger partial charge in [0.25, 0.3) is 0 Å². The average molecular weight is 419 g/mol. The van der Waals surface area contributed by atoms with Crippen molar-refractivity contribution < 1.29 is 18.3 Å². The number of carboxylic acid groups (broad SMARTS) is 1. The van der Waals surface area contributed by atoms with E-state index in [1.165, 1.54) is 4.31 Å². The van der Waals surface area contributed by atoms with Crippen molar-refractivity contribution in [2.45, 2.75) is 26.0 Å². The van der Waals surface area contributed by atoms with E-state index in [1.807, 2.05) is 24.3 Å². The number of piperazine rings is 1. The number of halogens is 1. The maximum Gasteiger partial charge on any atom is 0.323 e. The van der Waals surface area contributed by atoms with Crippen LogP contribution in [0.4, 0.5) is 5.69 Å². The van der Waals surface area contributed by atoms with Crippen molar-refractivity contribution in [1.82, 2.24) is 4.31 Å². The Morgan fingerprint density at radius 2 is 1.62 bits per heavy atom. The predicted octanol–water partition coefficient (Wildman–Crippen LogP) is 2.40. The lowest BCUT2D eigenvalue weighted by Gasteiger charge is -2.38. The van der Waals surface area contributed by atoms with Crippen LogP contribution < -0.4 is 4.90 Å². The van der Waals surface area contributed by atoms with Crippen LogP contribution in [0.2, 0.25) is 0 Å². The number of anilines is 1. The van der Waals surface area contributed by atoms with Crippen molar-refractivity contribution in [2.75, 3.05) is 31.1 Å². The molecule has 1 fully saturated rings. The molecule has 0 aromatic heterocycles. The zero-order chi connectivity index (χ0) is 18.1. The highest BCUT2D eigenvalue weighted by atomic mass is 79.9. The smallest absolute Gasteiger partial charge is 0.323 e. The van der Waals surface area contributed by atoms with Gasteiger partial charge in [-0.1, -0.05) is 36.7 Å². The molecule has 8 heteroatoms. The molecular weight excluding hydrogens is 396 g/mol. The number of benzene rings is 1. The van der Waals surface area contributed by atoms with Gasteiger partial charge in [-0.25, -0.2) is 8.42 Å². The van der Waals surface area contributed by atoms with Gasteiger partial charge < -0.3 is 10.0 Å². The molecule has 24 heavy (non-hydrogen) atoms. The summed E-state index contributed by atoms with van der Waals surface area (Å²) in [5.74, 6) is -1.29. The first-order chi connectivity index (χ1) is 11.0. The third kappa shape index (κ3) is 4.10. The first-order valence-corrected chi connectivity index (χ1v) is 10.1. The number of carbonyl (C=O) groups is 1. The van der Waals surface area contributed by atoms with Crippen LogP contribution >= 0.6 is 15.9 Å². The fraction of sp³-hybridized carbons (Fsp3) is 0.562. The van der Waals surface area contributed by atoms with Crippen LogP contribution in [-0.4, -0.2) is 55.2 Å². The van der Waals surface area contributed by atoms with E-state index in [1.54, 1.807) is 20.8 Å². The molecule has 1 unspecified atom stereocenters. The minimum absolute atomic E-state index is 0.290. The number of hydrogen-bond donors (Lipinski definition) is 1. The van der Waals surface area contributed by atoms with Crippen LogP contribution in [0.3, 0.4) is 0 Å². The summed E-state index contributed by atoms with van der Waals surface area (Å²) in [6.07, 6.45) is 0. The highest BCUT2D eigenvalue weighted by Crippen LogP contribution is 2.29. The normalized spacial score (nSPS) is 18.4. The molecule has 0 saturated carbocycles. The molecule has 1 N–H and O–H groups in total. The average Bonchev–Trinajstić information content (AvgIpc) is 2.45. The first-order valence-electron chi connectivity index (χ1n) is 7.76. The summed E-state index contributed by atoms with van der Waals surface area (Å²) >= 11 is 3.39. The molecule has 2 rings (SSSR count). The molecule has 0 amide bonds. The Kier molecular flexibility index (Phi) is 5.61. The van der Waals surface area contributed by atoms with Crippen LogP contribution in [0.1, 0.15) is 20.8 Å². The van der Waals surface area contributed by atoms with Gasteiger partial charge in [0.2, 0.25) is 10.0 Å². The molecule has 1 aromatic rings. The van der Waals surface area contributed by atoms with Gasteiger partial charge in [0.15, 0.2) is 5.25 Å². The van der Waals surface area contributed by atoms with E-state index in [0.717, 1.165) is 10.2 Å². The Morgan fingerprint density at radius 1 is 1.12 bits per heavy atom. The Bertz CT molecular complexity index is 690. The second-order valence-electron chi connectivity index (χ2n) is 6.99. The molecule has 1 saturated heterocycles. The van der Waals surface area contributed by atoms with Gasteiger partial charge in [0.1, 0.15) is 0 Å². The molecule has 0 bridgehead atoms.